The van der Waals surface area contributed by atoms with Crippen LogP contribution in [0.4, 0.5) is 5.69 Å². The summed E-state index contributed by atoms with van der Waals surface area (Å²) >= 11 is 3.38. The normalized spacial score (nSPS) is 10.9. The molecule has 28 heavy (non-hydrogen) atoms. The predicted octanol–water partition coefficient (Wildman–Crippen LogP) is 2.50. The van der Waals surface area contributed by atoms with Crippen LogP contribution < -0.4 is 10.6 Å². The summed E-state index contributed by atoms with van der Waals surface area (Å²) in [6.07, 6.45) is 0.213. The Morgan fingerprint density at radius 1 is 1.11 bits per heavy atom. The monoisotopic (exact) mass is 444 g/mol. The topological polar surface area (TPSA) is 101 Å². The lowest BCUT2D eigenvalue weighted by molar-refractivity contribution is -0.120. The third-order valence-electron chi connectivity index (χ3n) is 4.13. The van der Waals surface area contributed by atoms with E-state index in [-0.39, 0.29) is 31.2 Å². The van der Waals surface area contributed by atoms with E-state index >= 15 is 0 Å². The number of anilines is 1. The zero-order valence-corrected chi connectivity index (χ0v) is 17.5. The van der Waals surface area contributed by atoms with Gasteiger partial charge >= 0.3 is 0 Å². The minimum atomic E-state index is -0.239. The SMILES string of the molecule is Cc1cc(C)n2nc(CC(=O)NCCC(=O)Nc3cc(Br)ccc3C)nc2n1. The van der Waals surface area contributed by atoms with Gasteiger partial charge in [-0.25, -0.2) is 9.50 Å². The van der Waals surface area contributed by atoms with Gasteiger partial charge in [-0.3, -0.25) is 9.59 Å². The van der Waals surface area contributed by atoms with Gasteiger partial charge in [-0.1, -0.05) is 22.0 Å². The molecular weight excluding hydrogens is 424 g/mol. The lowest BCUT2D eigenvalue weighted by Gasteiger charge is -2.09. The molecule has 0 radical (unpaired) electrons. The first kappa shape index (κ1) is 19.9. The molecule has 8 nitrogen and oxygen atoms in total. The van der Waals surface area contributed by atoms with E-state index in [1.54, 1.807) is 4.52 Å². The van der Waals surface area contributed by atoms with Gasteiger partial charge in [0.15, 0.2) is 5.82 Å². The van der Waals surface area contributed by atoms with Crippen molar-refractivity contribution in [1.82, 2.24) is 24.9 Å². The first-order valence-electron chi connectivity index (χ1n) is 8.84. The highest BCUT2D eigenvalue weighted by atomic mass is 79.9. The van der Waals surface area contributed by atoms with Crippen molar-refractivity contribution in [2.45, 2.75) is 33.6 Å². The maximum absolute atomic E-state index is 12.1. The maximum atomic E-state index is 12.1. The third-order valence-corrected chi connectivity index (χ3v) is 4.62. The summed E-state index contributed by atoms with van der Waals surface area (Å²) in [5.41, 5.74) is 3.47. The summed E-state index contributed by atoms with van der Waals surface area (Å²) in [6.45, 7) is 5.95. The van der Waals surface area contributed by atoms with Crippen molar-refractivity contribution >= 4 is 39.2 Å². The number of hydrogen-bond acceptors (Lipinski definition) is 5. The summed E-state index contributed by atoms with van der Waals surface area (Å²) in [5.74, 6) is 0.469. The fraction of sp³-hybridized carbons (Fsp3) is 0.316. The Labute approximate surface area is 170 Å². The van der Waals surface area contributed by atoms with Crippen molar-refractivity contribution in [2.75, 3.05) is 11.9 Å². The lowest BCUT2D eigenvalue weighted by Crippen LogP contribution is -2.29. The molecule has 146 valence electrons. The molecule has 0 aliphatic carbocycles. The second-order valence-electron chi connectivity index (χ2n) is 6.56. The van der Waals surface area contributed by atoms with Gasteiger partial charge in [0.05, 0.1) is 6.42 Å². The summed E-state index contributed by atoms with van der Waals surface area (Å²) in [7, 11) is 0. The molecule has 1 aromatic carbocycles. The van der Waals surface area contributed by atoms with Crippen LogP contribution in [0.2, 0.25) is 0 Å². The molecule has 0 aliphatic heterocycles. The number of fused-ring (bicyclic) bond motifs is 1. The van der Waals surface area contributed by atoms with Crippen LogP contribution in [0.3, 0.4) is 0 Å². The van der Waals surface area contributed by atoms with Crippen LogP contribution in [0, 0.1) is 20.8 Å². The molecule has 0 unspecified atom stereocenters. The number of hydrogen-bond donors (Lipinski definition) is 2. The van der Waals surface area contributed by atoms with Gasteiger partial charge in [0.2, 0.25) is 11.8 Å². The van der Waals surface area contributed by atoms with Crippen LogP contribution in [0.1, 0.15) is 29.2 Å². The number of halogens is 1. The van der Waals surface area contributed by atoms with Gasteiger partial charge < -0.3 is 10.6 Å². The number of aromatic nitrogens is 4. The number of benzene rings is 1. The first-order chi connectivity index (χ1) is 13.3. The van der Waals surface area contributed by atoms with Crippen molar-refractivity contribution < 1.29 is 9.59 Å². The maximum Gasteiger partial charge on any atom is 0.252 e. The van der Waals surface area contributed by atoms with E-state index in [1.165, 1.54) is 0 Å². The minimum Gasteiger partial charge on any atom is -0.355 e. The second-order valence-corrected chi connectivity index (χ2v) is 7.48. The van der Waals surface area contributed by atoms with Crippen molar-refractivity contribution in [3.05, 3.63) is 51.5 Å². The van der Waals surface area contributed by atoms with E-state index in [4.69, 9.17) is 0 Å². The molecule has 2 aromatic heterocycles. The quantitative estimate of drug-likeness (QED) is 0.607. The van der Waals surface area contributed by atoms with Crippen LogP contribution in [0.25, 0.3) is 5.78 Å². The summed E-state index contributed by atoms with van der Waals surface area (Å²) < 4.78 is 2.50. The van der Waals surface area contributed by atoms with Gasteiger partial charge in [0.25, 0.3) is 5.78 Å². The highest BCUT2D eigenvalue weighted by Gasteiger charge is 2.12. The summed E-state index contributed by atoms with van der Waals surface area (Å²) in [6, 6.07) is 7.58. The molecule has 0 bridgehead atoms. The van der Waals surface area contributed by atoms with Crippen molar-refractivity contribution in [1.29, 1.82) is 0 Å². The molecule has 0 saturated carbocycles. The first-order valence-corrected chi connectivity index (χ1v) is 9.64. The van der Waals surface area contributed by atoms with Crippen LogP contribution >= 0.6 is 15.9 Å². The Morgan fingerprint density at radius 2 is 1.89 bits per heavy atom. The van der Waals surface area contributed by atoms with E-state index in [2.05, 4.69) is 41.6 Å². The van der Waals surface area contributed by atoms with E-state index in [1.807, 2.05) is 45.0 Å². The average molecular weight is 445 g/mol. The van der Waals surface area contributed by atoms with Crippen LogP contribution in [0.5, 0.6) is 0 Å². The molecule has 2 N–H and O–H groups in total. The van der Waals surface area contributed by atoms with Gasteiger partial charge in [-0.05, 0) is 44.5 Å². The van der Waals surface area contributed by atoms with E-state index in [0.29, 0.717) is 11.6 Å². The number of carbonyl (C=O) groups is 2. The highest BCUT2D eigenvalue weighted by Crippen LogP contribution is 2.20. The Hall–Kier alpha value is -2.81. The number of aryl methyl sites for hydroxylation is 3. The second kappa shape index (κ2) is 8.47. The van der Waals surface area contributed by atoms with Crippen LogP contribution in [0.15, 0.2) is 28.7 Å². The number of nitrogens with one attached hydrogen (secondary N) is 2. The smallest absolute Gasteiger partial charge is 0.252 e. The number of rotatable bonds is 6. The largest absolute Gasteiger partial charge is 0.355 e. The highest BCUT2D eigenvalue weighted by molar-refractivity contribution is 9.10. The number of carbonyl (C=O) groups excluding carboxylic acids is 2. The Bertz CT molecular complexity index is 1050. The van der Waals surface area contributed by atoms with Crippen molar-refractivity contribution in [3.8, 4) is 0 Å². The Morgan fingerprint density at radius 3 is 2.68 bits per heavy atom. The Kier molecular flexibility index (Phi) is 6.03. The summed E-state index contributed by atoms with van der Waals surface area (Å²) in [5, 5.41) is 9.88. The van der Waals surface area contributed by atoms with E-state index < -0.39 is 0 Å². The fourth-order valence-corrected chi connectivity index (χ4v) is 3.11. The van der Waals surface area contributed by atoms with Crippen molar-refractivity contribution in [3.63, 3.8) is 0 Å². The zero-order chi connectivity index (χ0) is 20.3. The van der Waals surface area contributed by atoms with Gasteiger partial charge in [-0.15, -0.1) is 5.10 Å². The molecule has 3 aromatic rings. The molecule has 3 rings (SSSR count). The minimum absolute atomic E-state index is 0.0359. The van der Waals surface area contributed by atoms with Gasteiger partial charge in [0.1, 0.15) is 0 Å². The molecule has 2 heterocycles. The Balaban J connectivity index is 1.50. The third kappa shape index (κ3) is 4.92. The van der Waals surface area contributed by atoms with E-state index in [0.717, 1.165) is 27.1 Å². The van der Waals surface area contributed by atoms with Crippen LogP contribution in [-0.4, -0.2) is 37.9 Å². The molecule has 0 saturated heterocycles. The standard InChI is InChI=1S/C19H21BrN6O2/c1-11-4-5-14(20)9-15(11)23-17(27)6-7-21-18(28)10-16-24-19-22-12(2)8-13(3)26(19)25-16/h4-5,8-9H,6-7,10H2,1-3H3,(H,21,28)(H,23,27). The molecular formula is C19H21BrN6O2. The fourth-order valence-electron chi connectivity index (χ4n) is 2.75. The van der Waals surface area contributed by atoms with Crippen molar-refractivity contribution in [2.24, 2.45) is 0 Å². The molecule has 2 amide bonds. The lowest BCUT2D eigenvalue weighted by atomic mass is 10.2. The number of nitrogens with zero attached hydrogens (tertiary/aromatic N) is 4. The molecule has 0 fully saturated rings. The number of amides is 2. The van der Waals surface area contributed by atoms with E-state index in [9.17, 15) is 9.59 Å². The average Bonchev–Trinajstić information content (AvgIpc) is 3.00. The predicted molar refractivity (Wildman–Crippen MR) is 109 cm³/mol. The molecule has 0 atom stereocenters. The molecule has 9 heteroatoms. The van der Waals surface area contributed by atoms with Gasteiger partial charge in [-0.2, -0.15) is 4.98 Å². The zero-order valence-electron chi connectivity index (χ0n) is 15.9. The van der Waals surface area contributed by atoms with Crippen LogP contribution in [-0.2, 0) is 16.0 Å². The molecule has 0 spiro atoms. The van der Waals surface area contributed by atoms with Gasteiger partial charge in [0, 0.05) is 34.5 Å². The molecule has 0 aliphatic rings. The summed E-state index contributed by atoms with van der Waals surface area (Å²) in [4.78, 5) is 32.8.